The van der Waals surface area contributed by atoms with Crippen LogP contribution in [0.4, 0.5) is 0 Å². The van der Waals surface area contributed by atoms with Gasteiger partial charge in [0.25, 0.3) is 0 Å². The maximum atomic E-state index is 12.4. The normalized spacial score (nSPS) is 17.7. The van der Waals surface area contributed by atoms with Crippen LogP contribution in [0.1, 0.15) is 19.3 Å². The van der Waals surface area contributed by atoms with Crippen molar-refractivity contribution in [2.75, 3.05) is 33.4 Å². The molecule has 1 atom stereocenters. The summed E-state index contributed by atoms with van der Waals surface area (Å²) in [7, 11) is 1.62. The van der Waals surface area contributed by atoms with Crippen LogP contribution in [0, 0.1) is 5.92 Å². The number of hydrogen-bond donors (Lipinski definition) is 1. The number of hydrogen-bond acceptors (Lipinski definition) is 3. The highest BCUT2D eigenvalue weighted by Crippen LogP contribution is 2.18. The van der Waals surface area contributed by atoms with Crippen LogP contribution in [-0.2, 0) is 20.9 Å². The topological polar surface area (TPSA) is 63.6 Å². The molecule has 3 rings (SSSR count). The van der Waals surface area contributed by atoms with Crippen LogP contribution in [0.25, 0.3) is 10.9 Å². The molecular formula is C20H27N3O3. The summed E-state index contributed by atoms with van der Waals surface area (Å²) in [5.74, 6) is 0.0554. The van der Waals surface area contributed by atoms with Crippen molar-refractivity contribution in [2.45, 2.75) is 25.8 Å². The van der Waals surface area contributed by atoms with Gasteiger partial charge in [0.1, 0.15) is 0 Å². The van der Waals surface area contributed by atoms with Crippen LogP contribution in [0.3, 0.4) is 0 Å². The summed E-state index contributed by atoms with van der Waals surface area (Å²) in [6.45, 7) is 3.08. The molecule has 26 heavy (non-hydrogen) atoms. The van der Waals surface area contributed by atoms with E-state index in [1.54, 1.807) is 12.0 Å². The summed E-state index contributed by atoms with van der Waals surface area (Å²) in [5, 5.41) is 4.27. The number of carbonyl (C=O) groups excluding carboxylic acids is 2. The number of fused-ring (bicyclic) bond motifs is 1. The summed E-state index contributed by atoms with van der Waals surface area (Å²) < 4.78 is 7.25. The molecule has 1 N–H and O–H groups in total. The lowest BCUT2D eigenvalue weighted by Crippen LogP contribution is -2.46. The number of amides is 2. The van der Waals surface area contributed by atoms with E-state index >= 15 is 0 Å². The zero-order valence-corrected chi connectivity index (χ0v) is 15.3. The van der Waals surface area contributed by atoms with Crippen molar-refractivity contribution in [3.8, 4) is 0 Å². The molecule has 2 aromatic rings. The molecular weight excluding hydrogens is 330 g/mol. The van der Waals surface area contributed by atoms with E-state index in [0.717, 1.165) is 13.0 Å². The van der Waals surface area contributed by atoms with E-state index in [1.807, 2.05) is 12.1 Å². The molecule has 2 amide bonds. The summed E-state index contributed by atoms with van der Waals surface area (Å²) in [6.07, 6.45) is 4.05. The highest BCUT2D eigenvalue weighted by Gasteiger charge is 2.29. The minimum absolute atomic E-state index is 0.0530. The van der Waals surface area contributed by atoms with Crippen molar-refractivity contribution >= 4 is 22.7 Å². The third-order valence-electron chi connectivity index (χ3n) is 4.99. The summed E-state index contributed by atoms with van der Waals surface area (Å²) in [4.78, 5) is 26.1. The average Bonchev–Trinajstić information content (AvgIpc) is 3.07. The van der Waals surface area contributed by atoms with Crippen LogP contribution >= 0.6 is 0 Å². The molecule has 1 aliphatic rings. The Kier molecular flexibility index (Phi) is 6.28. The Balaban J connectivity index is 1.43. The first-order valence-corrected chi connectivity index (χ1v) is 9.27. The van der Waals surface area contributed by atoms with Gasteiger partial charge in [0.2, 0.25) is 11.8 Å². The van der Waals surface area contributed by atoms with Gasteiger partial charge in [0.05, 0.1) is 12.5 Å². The average molecular weight is 357 g/mol. The fourth-order valence-electron chi connectivity index (χ4n) is 3.49. The van der Waals surface area contributed by atoms with Crippen molar-refractivity contribution < 1.29 is 14.3 Å². The number of para-hydroxylation sites is 1. The number of aryl methyl sites for hydroxylation is 1. The second kappa shape index (κ2) is 8.85. The van der Waals surface area contributed by atoms with Gasteiger partial charge in [-0.3, -0.25) is 9.59 Å². The van der Waals surface area contributed by atoms with Crippen molar-refractivity contribution in [3.63, 3.8) is 0 Å². The van der Waals surface area contributed by atoms with Gasteiger partial charge >= 0.3 is 0 Å². The Hall–Kier alpha value is -2.34. The minimum atomic E-state index is -0.114. The van der Waals surface area contributed by atoms with E-state index < -0.39 is 0 Å². The first-order valence-electron chi connectivity index (χ1n) is 9.27. The van der Waals surface area contributed by atoms with Gasteiger partial charge < -0.3 is 19.5 Å². The Labute approximate surface area is 154 Å². The second-order valence-electron chi connectivity index (χ2n) is 6.78. The molecule has 0 bridgehead atoms. The third kappa shape index (κ3) is 4.43. The zero-order chi connectivity index (χ0) is 18.4. The minimum Gasteiger partial charge on any atom is -0.383 e. The number of ether oxygens (including phenoxy) is 1. The molecule has 2 heterocycles. The predicted octanol–water partition coefficient (Wildman–Crippen LogP) is 2.03. The highest BCUT2D eigenvalue weighted by molar-refractivity contribution is 5.83. The lowest BCUT2D eigenvalue weighted by molar-refractivity contribution is -0.138. The molecule has 0 saturated carbocycles. The molecule has 1 aromatic carbocycles. The monoisotopic (exact) mass is 357 g/mol. The molecule has 1 aromatic heterocycles. The fourth-order valence-corrected chi connectivity index (χ4v) is 3.49. The summed E-state index contributed by atoms with van der Waals surface area (Å²) in [5.41, 5.74) is 1.22. The first kappa shape index (κ1) is 18.5. The number of likely N-dealkylation sites (tertiary alicyclic amines) is 1. The summed E-state index contributed by atoms with van der Waals surface area (Å²) in [6, 6.07) is 10.4. The molecule has 140 valence electrons. The lowest BCUT2D eigenvalue weighted by atomic mass is 9.96. The largest absolute Gasteiger partial charge is 0.383 e. The predicted molar refractivity (Wildman–Crippen MR) is 101 cm³/mol. The second-order valence-corrected chi connectivity index (χ2v) is 6.78. The quantitative estimate of drug-likeness (QED) is 0.736. The SMILES string of the molecule is COCCN1CC(C(=O)NCCCn2ccc3ccccc32)CCC1=O. The van der Waals surface area contributed by atoms with E-state index in [1.165, 1.54) is 10.9 Å². The Morgan fingerprint density at radius 1 is 1.27 bits per heavy atom. The third-order valence-corrected chi connectivity index (χ3v) is 4.99. The number of piperidine rings is 1. The van der Waals surface area contributed by atoms with Crippen LogP contribution in [0.15, 0.2) is 36.5 Å². The van der Waals surface area contributed by atoms with Crippen molar-refractivity contribution in [3.05, 3.63) is 36.5 Å². The number of methoxy groups -OCH3 is 1. The maximum Gasteiger partial charge on any atom is 0.224 e. The molecule has 0 aliphatic carbocycles. The van der Waals surface area contributed by atoms with Crippen LogP contribution < -0.4 is 5.32 Å². The molecule has 1 unspecified atom stereocenters. The standard InChI is InChI=1S/C20H27N3O3/c1-26-14-13-23-15-17(7-8-19(23)24)20(25)21-10-4-11-22-12-9-16-5-2-3-6-18(16)22/h2-3,5-6,9,12,17H,4,7-8,10-11,13-15H2,1H3,(H,21,25). The van der Waals surface area contributed by atoms with Gasteiger partial charge in [-0.05, 0) is 30.4 Å². The van der Waals surface area contributed by atoms with Gasteiger partial charge in [-0.25, -0.2) is 0 Å². The van der Waals surface area contributed by atoms with Gasteiger partial charge in [0, 0.05) is 51.4 Å². The maximum absolute atomic E-state index is 12.4. The van der Waals surface area contributed by atoms with E-state index in [4.69, 9.17) is 4.74 Å². The number of benzene rings is 1. The van der Waals surface area contributed by atoms with Crippen molar-refractivity contribution in [2.24, 2.45) is 5.92 Å². The zero-order valence-electron chi connectivity index (χ0n) is 15.3. The molecule has 0 radical (unpaired) electrons. The van der Waals surface area contributed by atoms with E-state index in [0.29, 0.717) is 39.1 Å². The fraction of sp³-hybridized carbons (Fsp3) is 0.500. The highest BCUT2D eigenvalue weighted by atomic mass is 16.5. The lowest BCUT2D eigenvalue weighted by Gasteiger charge is -2.31. The Bertz CT molecular complexity index is 756. The number of aromatic nitrogens is 1. The molecule has 0 spiro atoms. The van der Waals surface area contributed by atoms with E-state index in [-0.39, 0.29) is 17.7 Å². The smallest absolute Gasteiger partial charge is 0.224 e. The number of nitrogens with zero attached hydrogens (tertiary/aromatic N) is 2. The van der Waals surface area contributed by atoms with Gasteiger partial charge in [0.15, 0.2) is 0 Å². The molecule has 1 fully saturated rings. The van der Waals surface area contributed by atoms with Crippen LogP contribution in [-0.4, -0.2) is 54.6 Å². The molecule has 1 saturated heterocycles. The Morgan fingerprint density at radius 3 is 2.96 bits per heavy atom. The molecule has 6 nitrogen and oxygen atoms in total. The van der Waals surface area contributed by atoms with Crippen LogP contribution in [0.2, 0.25) is 0 Å². The van der Waals surface area contributed by atoms with Crippen LogP contribution in [0.5, 0.6) is 0 Å². The van der Waals surface area contributed by atoms with E-state index in [9.17, 15) is 9.59 Å². The van der Waals surface area contributed by atoms with Gasteiger partial charge in [-0.2, -0.15) is 0 Å². The van der Waals surface area contributed by atoms with Gasteiger partial charge in [-0.15, -0.1) is 0 Å². The van der Waals surface area contributed by atoms with Crippen molar-refractivity contribution in [1.29, 1.82) is 0 Å². The van der Waals surface area contributed by atoms with Crippen molar-refractivity contribution in [1.82, 2.24) is 14.8 Å². The first-order chi connectivity index (χ1) is 12.7. The molecule has 6 heteroatoms. The summed E-state index contributed by atoms with van der Waals surface area (Å²) >= 11 is 0. The number of carbonyl (C=O) groups is 2. The number of nitrogens with one attached hydrogen (secondary N) is 1. The molecule has 1 aliphatic heterocycles. The number of rotatable bonds is 8. The van der Waals surface area contributed by atoms with Gasteiger partial charge in [-0.1, -0.05) is 18.2 Å². The van der Waals surface area contributed by atoms with E-state index in [2.05, 4.69) is 34.3 Å². The Morgan fingerprint density at radius 2 is 2.12 bits per heavy atom.